The van der Waals surface area contributed by atoms with E-state index in [1.165, 1.54) is 4.88 Å². The summed E-state index contributed by atoms with van der Waals surface area (Å²) in [5, 5.41) is 2.04. The predicted octanol–water partition coefficient (Wildman–Crippen LogP) is 5.55. The van der Waals surface area contributed by atoms with E-state index < -0.39 is 5.97 Å². The highest BCUT2D eigenvalue weighted by molar-refractivity contribution is 7.09. The van der Waals surface area contributed by atoms with Gasteiger partial charge in [0.25, 0.3) is 0 Å². The number of thiophene rings is 1. The zero-order valence-corrected chi connectivity index (χ0v) is 18.4. The average Bonchev–Trinajstić information content (AvgIpc) is 3.29. The minimum Gasteiger partial charge on any atom is -0.454 e. The van der Waals surface area contributed by atoms with Crippen molar-refractivity contribution in [1.29, 1.82) is 0 Å². The van der Waals surface area contributed by atoms with Crippen LogP contribution in [0.2, 0.25) is 0 Å². The van der Waals surface area contributed by atoms with Gasteiger partial charge in [0.2, 0.25) is 5.78 Å². The summed E-state index contributed by atoms with van der Waals surface area (Å²) in [6.07, 6.45) is 0. The quantitative estimate of drug-likeness (QED) is 0.396. The van der Waals surface area contributed by atoms with E-state index in [1.807, 2.05) is 43.5 Å². The fraction of sp³-hybridized carbons (Fsp3) is 0.333. The topological polar surface area (TPSA) is 48.3 Å². The number of hydrogen-bond donors (Lipinski definition) is 0. The van der Waals surface area contributed by atoms with Gasteiger partial charge < -0.3 is 9.30 Å². The van der Waals surface area contributed by atoms with E-state index in [4.69, 9.17) is 4.74 Å². The van der Waals surface area contributed by atoms with Crippen LogP contribution in [-0.2, 0) is 16.7 Å². The number of carbonyl (C=O) groups excluding carboxylic acids is 2. The van der Waals surface area contributed by atoms with E-state index in [0.29, 0.717) is 11.1 Å². The fourth-order valence-corrected chi connectivity index (χ4v) is 3.98. The Balaban J connectivity index is 1.65. The van der Waals surface area contributed by atoms with Gasteiger partial charge in [-0.25, -0.2) is 4.79 Å². The zero-order chi connectivity index (χ0) is 21.2. The summed E-state index contributed by atoms with van der Waals surface area (Å²) < 4.78 is 7.40. The summed E-state index contributed by atoms with van der Waals surface area (Å²) in [6.45, 7) is 10.8. The van der Waals surface area contributed by atoms with Crippen LogP contribution in [0.25, 0.3) is 0 Å². The smallest absolute Gasteiger partial charge is 0.338 e. The summed E-state index contributed by atoms with van der Waals surface area (Å²) in [7, 11) is 0. The molecule has 0 bridgehead atoms. The van der Waals surface area contributed by atoms with Crippen molar-refractivity contribution in [2.75, 3.05) is 6.61 Å². The lowest BCUT2D eigenvalue weighted by Crippen LogP contribution is -2.16. The van der Waals surface area contributed by atoms with Crippen LogP contribution < -0.4 is 0 Å². The Kier molecular flexibility index (Phi) is 6.08. The number of ether oxygens (including phenoxy) is 1. The van der Waals surface area contributed by atoms with Crippen molar-refractivity contribution in [3.63, 3.8) is 0 Å². The van der Waals surface area contributed by atoms with Crippen molar-refractivity contribution in [2.45, 2.75) is 46.6 Å². The molecule has 0 saturated carbocycles. The van der Waals surface area contributed by atoms with Gasteiger partial charge in [-0.1, -0.05) is 39.0 Å². The molecule has 152 valence electrons. The minimum absolute atomic E-state index is 0.0179. The first-order chi connectivity index (χ1) is 13.7. The summed E-state index contributed by atoms with van der Waals surface area (Å²) in [5.41, 5.74) is 4.13. The highest BCUT2D eigenvalue weighted by atomic mass is 32.1. The maximum absolute atomic E-state index is 12.7. The van der Waals surface area contributed by atoms with Gasteiger partial charge in [-0.2, -0.15) is 0 Å². The number of rotatable bonds is 6. The molecule has 0 aliphatic rings. The second-order valence-electron chi connectivity index (χ2n) is 8.28. The molecule has 0 aliphatic carbocycles. The lowest BCUT2D eigenvalue weighted by Gasteiger charge is -2.18. The van der Waals surface area contributed by atoms with Gasteiger partial charge in [-0.3, -0.25) is 4.79 Å². The lowest BCUT2D eigenvalue weighted by molar-refractivity contribution is 0.0474. The second kappa shape index (κ2) is 8.37. The first-order valence-corrected chi connectivity index (χ1v) is 10.5. The van der Waals surface area contributed by atoms with Crippen LogP contribution in [-0.4, -0.2) is 22.9 Å². The molecule has 0 aliphatic heterocycles. The highest BCUT2D eigenvalue weighted by Crippen LogP contribution is 2.23. The predicted molar refractivity (Wildman–Crippen MR) is 117 cm³/mol. The number of nitrogens with zero attached hydrogens (tertiary/aromatic N) is 1. The second-order valence-corrected chi connectivity index (χ2v) is 9.31. The number of hydrogen-bond acceptors (Lipinski definition) is 4. The molecule has 1 aromatic carbocycles. The molecule has 29 heavy (non-hydrogen) atoms. The van der Waals surface area contributed by atoms with Gasteiger partial charge >= 0.3 is 5.97 Å². The molecule has 2 aromatic heterocycles. The molecule has 0 fully saturated rings. The lowest BCUT2D eigenvalue weighted by atomic mass is 9.87. The third kappa shape index (κ3) is 4.85. The number of carbonyl (C=O) groups is 2. The number of ketones is 1. The fourth-order valence-electron chi connectivity index (χ4n) is 3.28. The zero-order valence-electron chi connectivity index (χ0n) is 17.6. The van der Waals surface area contributed by atoms with Gasteiger partial charge in [-0.15, -0.1) is 11.3 Å². The van der Waals surface area contributed by atoms with Crippen molar-refractivity contribution in [2.24, 2.45) is 0 Å². The maximum Gasteiger partial charge on any atom is 0.338 e. The molecule has 3 aromatic rings. The molecule has 5 heteroatoms. The maximum atomic E-state index is 12.7. The normalized spacial score (nSPS) is 11.5. The molecule has 0 N–H and O–H groups in total. The monoisotopic (exact) mass is 409 g/mol. The van der Waals surface area contributed by atoms with Crippen LogP contribution in [0.5, 0.6) is 0 Å². The molecule has 2 heterocycles. The van der Waals surface area contributed by atoms with Crippen LogP contribution in [0, 0.1) is 13.8 Å². The van der Waals surface area contributed by atoms with E-state index in [-0.39, 0.29) is 17.8 Å². The first kappa shape index (κ1) is 21.1. The van der Waals surface area contributed by atoms with Gasteiger partial charge in [0, 0.05) is 21.8 Å². The molecule has 0 saturated heterocycles. The van der Waals surface area contributed by atoms with Crippen molar-refractivity contribution < 1.29 is 14.3 Å². The molecule has 0 spiro atoms. The number of benzene rings is 1. The van der Waals surface area contributed by atoms with Crippen molar-refractivity contribution in [3.05, 3.63) is 80.8 Å². The van der Waals surface area contributed by atoms with Crippen molar-refractivity contribution >= 4 is 23.1 Å². The SMILES string of the molecule is Cc1cc(C(=O)COC(=O)c2ccc(C(C)(C)C)cc2)c(C)n1Cc1cccs1. The Morgan fingerprint density at radius 2 is 1.76 bits per heavy atom. The van der Waals surface area contributed by atoms with Gasteiger partial charge in [0.1, 0.15) is 0 Å². The van der Waals surface area contributed by atoms with E-state index in [1.54, 1.807) is 23.5 Å². The molecule has 3 rings (SSSR count). The first-order valence-electron chi connectivity index (χ1n) is 9.67. The molecule has 0 radical (unpaired) electrons. The Bertz CT molecular complexity index is 1010. The number of aromatic nitrogens is 1. The molecule has 0 unspecified atom stereocenters. The van der Waals surface area contributed by atoms with Crippen LogP contribution in [0.4, 0.5) is 0 Å². The van der Waals surface area contributed by atoms with E-state index in [9.17, 15) is 9.59 Å². The van der Waals surface area contributed by atoms with Gasteiger partial charge in [0.15, 0.2) is 6.61 Å². The molecule has 0 atom stereocenters. The van der Waals surface area contributed by atoms with E-state index >= 15 is 0 Å². The Morgan fingerprint density at radius 1 is 1.07 bits per heavy atom. The average molecular weight is 410 g/mol. The van der Waals surface area contributed by atoms with E-state index in [0.717, 1.165) is 23.5 Å². The number of esters is 1. The van der Waals surface area contributed by atoms with Gasteiger partial charge in [-0.05, 0) is 54.5 Å². The summed E-state index contributed by atoms with van der Waals surface area (Å²) >= 11 is 1.69. The van der Waals surface area contributed by atoms with E-state index in [2.05, 4.69) is 31.4 Å². The largest absolute Gasteiger partial charge is 0.454 e. The summed E-state index contributed by atoms with van der Waals surface area (Å²) in [6, 6.07) is 13.3. The third-order valence-electron chi connectivity index (χ3n) is 5.09. The molecular formula is C24H27NO3S. The Morgan fingerprint density at radius 3 is 2.34 bits per heavy atom. The van der Waals surface area contributed by atoms with Crippen LogP contribution >= 0.6 is 11.3 Å². The molecular weight excluding hydrogens is 382 g/mol. The summed E-state index contributed by atoms with van der Waals surface area (Å²) in [4.78, 5) is 26.2. The third-order valence-corrected chi connectivity index (χ3v) is 5.95. The van der Waals surface area contributed by atoms with Crippen LogP contribution in [0.15, 0.2) is 47.8 Å². The Hall–Kier alpha value is -2.66. The van der Waals surface area contributed by atoms with Crippen LogP contribution in [0.1, 0.15) is 63.3 Å². The number of aryl methyl sites for hydroxylation is 1. The number of Topliss-reactive ketones (excluding diaryl/α,β-unsaturated/α-hetero) is 1. The molecule has 4 nitrogen and oxygen atoms in total. The highest BCUT2D eigenvalue weighted by Gasteiger charge is 2.19. The minimum atomic E-state index is -0.480. The van der Waals surface area contributed by atoms with Crippen molar-refractivity contribution in [3.8, 4) is 0 Å². The standard InChI is InChI=1S/C24H27NO3S/c1-16-13-21(17(2)25(16)14-20-7-6-12-29-20)22(26)15-28-23(27)18-8-10-19(11-9-18)24(3,4)5/h6-13H,14-15H2,1-5H3. The van der Waals surface area contributed by atoms with Crippen LogP contribution in [0.3, 0.4) is 0 Å². The summed E-state index contributed by atoms with van der Waals surface area (Å²) in [5.74, 6) is -0.665. The molecule has 0 amide bonds. The van der Waals surface area contributed by atoms with Gasteiger partial charge in [0.05, 0.1) is 12.1 Å². The van der Waals surface area contributed by atoms with Crippen molar-refractivity contribution in [1.82, 2.24) is 4.57 Å². The Labute approximate surface area is 176 Å².